The number of ether oxygens (including phenoxy) is 1. The number of fused-ring (bicyclic) bond motifs is 1. The molecule has 0 saturated carbocycles. The fourth-order valence-corrected chi connectivity index (χ4v) is 4.58. The molecule has 0 atom stereocenters. The number of piperidine rings is 1. The van der Waals surface area contributed by atoms with Crippen LogP contribution in [0, 0.1) is 0 Å². The molecule has 0 unspecified atom stereocenters. The Hall–Kier alpha value is -3.56. The van der Waals surface area contributed by atoms with Gasteiger partial charge in [-0.05, 0) is 50.0 Å². The number of likely N-dealkylation sites (tertiary alicyclic amines) is 1. The van der Waals surface area contributed by atoms with E-state index in [1.165, 1.54) is 37.9 Å². The van der Waals surface area contributed by atoms with Gasteiger partial charge in [0.2, 0.25) is 5.95 Å². The van der Waals surface area contributed by atoms with Crippen molar-refractivity contribution in [2.75, 3.05) is 43.4 Å². The van der Waals surface area contributed by atoms with E-state index in [1.807, 2.05) is 47.3 Å². The molecule has 194 valence electrons. The van der Waals surface area contributed by atoms with Crippen LogP contribution < -0.4 is 10.6 Å². The summed E-state index contributed by atoms with van der Waals surface area (Å²) in [6.07, 6.45) is 6.71. The van der Waals surface area contributed by atoms with Gasteiger partial charge < -0.3 is 20.3 Å². The van der Waals surface area contributed by atoms with Gasteiger partial charge in [-0.15, -0.1) is 0 Å². The molecule has 1 saturated heterocycles. The van der Waals surface area contributed by atoms with Crippen molar-refractivity contribution in [3.8, 4) is 11.4 Å². The average molecular weight is 501 g/mol. The third-order valence-corrected chi connectivity index (χ3v) is 6.52. The van der Waals surface area contributed by atoms with Crippen molar-refractivity contribution in [2.24, 2.45) is 0 Å². The van der Waals surface area contributed by atoms with Crippen LogP contribution in [0.3, 0.4) is 0 Å². The molecule has 9 heteroatoms. The van der Waals surface area contributed by atoms with Crippen LogP contribution in [0.15, 0.2) is 54.7 Å². The van der Waals surface area contributed by atoms with Crippen molar-refractivity contribution in [2.45, 2.75) is 45.9 Å². The van der Waals surface area contributed by atoms with Crippen molar-refractivity contribution < 1.29 is 4.74 Å². The molecule has 1 fully saturated rings. The first-order chi connectivity index (χ1) is 18.3. The van der Waals surface area contributed by atoms with E-state index in [-0.39, 0.29) is 0 Å². The molecule has 2 N–H and O–H groups in total. The minimum atomic E-state index is 0.334. The second-order valence-electron chi connectivity index (χ2n) is 9.39. The molecule has 37 heavy (non-hydrogen) atoms. The number of rotatable bonds is 12. The van der Waals surface area contributed by atoms with E-state index in [2.05, 4.69) is 39.6 Å². The van der Waals surface area contributed by atoms with E-state index in [4.69, 9.17) is 19.8 Å². The smallest absolute Gasteiger partial charge is 0.224 e. The molecular formula is C28H36N8O. The molecule has 0 spiro atoms. The molecule has 1 aliphatic rings. The summed E-state index contributed by atoms with van der Waals surface area (Å²) in [4.78, 5) is 16.8. The van der Waals surface area contributed by atoms with E-state index in [1.54, 1.807) is 0 Å². The van der Waals surface area contributed by atoms with Gasteiger partial charge in [0.25, 0.3) is 0 Å². The molecule has 1 aromatic carbocycles. The lowest BCUT2D eigenvalue weighted by Gasteiger charge is -2.26. The minimum absolute atomic E-state index is 0.334. The first kappa shape index (κ1) is 25.1. The highest BCUT2D eigenvalue weighted by Crippen LogP contribution is 2.27. The van der Waals surface area contributed by atoms with Gasteiger partial charge in [-0.3, -0.25) is 0 Å². The van der Waals surface area contributed by atoms with Crippen LogP contribution in [0.2, 0.25) is 0 Å². The number of anilines is 2. The quantitative estimate of drug-likeness (QED) is 0.269. The maximum absolute atomic E-state index is 5.82. The molecule has 5 rings (SSSR count). The number of aromatic nitrogens is 5. The Bertz CT molecular complexity index is 1270. The molecule has 0 radical (unpaired) electrons. The Labute approximate surface area is 218 Å². The molecule has 0 bridgehead atoms. The fourth-order valence-electron chi connectivity index (χ4n) is 4.58. The second kappa shape index (κ2) is 12.6. The molecule has 1 aliphatic heterocycles. The third kappa shape index (κ3) is 6.61. The summed E-state index contributed by atoms with van der Waals surface area (Å²) in [6.45, 7) is 7.97. The summed E-state index contributed by atoms with van der Waals surface area (Å²) in [6, 6.07) is 16.2. The zero-order valence-corrected chi connectivity index (χ0v) is 21.6. The van der Waals surface area contributed by atoms with E-state index >= 15 is 0 Å². The molecule has 0 amide bonds. The van der Waals surface area contributed by atoms with Gasteiger partial charge in [0.1, 0.15) is 18.2 Å². The zero-order valence-electron chi connectivity index (χ0n) is 21.6. The summed E-state index contributed by atoms with van der Waals surface area (Å²) < 4.78 is 7.63. The van der Waals surface area contributed by atoms with Gasteiger partial charge >= 0.3 is 0 Å². The van der Waals surface area contributed by atoms with Crippen LogP contribution in [0.4, 0.5) is 11.8 Å². The van der Waals surface area contributed by atoms with Crippen molar-refractivity contribution in [3.63, 3.8) is 0 Å². The molecule has 4 aromatic rings. The average Bonchev–Trinajstić information content (AvgIpc) is 3.31. The minimum Gasteiger partial charge on any atom is -0.366 e. The topological polar surface area (TPSA) is 93.0 Å². The number of hydrogen-bond acceptors (Lipinski definition) is 8. The van der Waals surface area contributed by atoms with Crippen LogP contribution in [0.1, 0.15) is 38.2 Å². The Balaban J connectivity index is 1.35. The Morgan fingerprint density at radius 1 is 0.946 bits per heavy atom. The number of hydrogen-bond donors (Lipinski definition) is 2. The molecule has 0 aliphatic carbocycles. The zero-order chi connectivity index (χ0) is 25.3. The summed E-state index contributed by atoms with van der Waals surface area (Å²) in [5.41, 5.74) is 3.46. The monoisotopic (exact) mass is 500 g/mol. The van der Waals surface area contributed by atoms with E-state index in [0.717, 1.165) is 47.7 Å². The van der Waals surface area contributed by atoms with Crippen molar-refractivity contribution in [1.82, 2.24) is 29.6 Å². The number of nitrogens with one attached hydrogen (secondary N) is 2. The van der Waals surface area contributed by atoms with Crippen LogP contribution >= 0.6 is 0 Å². The summed E-state index contributed by atoms with van der Waals surface area (Å²) >= 11 is 0. The summed E-state index contributed by atoms with van der Waals surface area (Å²) in [5, 5.41) is 12.5. The fraction of sp³-hybridized carbons (Fsp3) is 0.429. The maximum atomic E-state index is 5.82. The molecule has 4 heterocycles. The maximum Gasteiger partial charge on any atom is 0.224 e. The van der Waals surface area contributed by atoms with Crippen LogP contribution in [0.5, 0.6) is 0 Å². The Morgan fingerprint density at radius 2 is 1.81 bits per heavy atom. The first-order valence-electron chi connectivity index (χ1n) is 13.3. The van der Waals surface area contributed by atoms with Crippen molar-refractivity contribution >= 4 is 22.8 Å². The number of benzene rings is 1. The van der Waals surface area contributed by atoms with Gasteiger partial charge in [0.05, 0.1) is 11.1 Å². The molecular weight excluding hydrogens is 464 g/mol. The highest BCUT2D eigenvalue weighted by Gasteiger charge is 2.17. The number of nitrogens with zero attached hydrogens (tertiary/aromatic N) is 6. The predicted octanol–water partition coefficient (Wildman–Crippen LogP) is 4.78. The largest absolute Gasteiger partial charge is 0.366 e. The first-order valence-corrected chi connectivity index (χ1v) is 13.3. The predicted molar refractivity (Wildman–Crippen MR) is 147 cm³/mol. The van der Waals surface area contributed by atoms with Gasteiger partial charge in [-0.25, -0.2) is 14.6 Å². The summed E-state index contributed by atoms with van der Waals surface area (Å²) in [7, 11) is 0. The van der Waals surface area contributed by atoms with Gasteiger partial charge in [-0.2, -0.15) is 10.1 Å². The lowest BCUT2D eigenvalue weighted by Crippen LogP contribution is -2.33. The lowest BCUT2D eigenvalue weighted by atomic mass is 10.1. The highest BCUT2D eigenvalue weighted by atomic mass is 16.5. The Kier molecular flexibility index (Phi) is 8.55. The van der Waals surface area contributed by atoms with Crippen LogP contribution in [-0.4, -0.2) is 62.4 Å². The standard InChI is InChI=1S/C28H36N8O/c1-2-18-37-21-36-27-23(20-31-28(33-27)29-14-17-35-15-7-4-8-16-35)26(34-36)24-12-9-13-25(32-24)30-19-22-10-5-3-6-11-22/h3,5-6,9-13,20H,2,4,7-8,14-19,21H2,1H3,(H,30,32)(H,29,31,33). The normalized spacial score (nSPS) is 14.2. The summed E-state index contributed by atoms with van der Waals surface area (Å²) in [5.74, 6) is 1.40. The van der Waals surface area contributed by atoms with Gasteiger partial charge in [0.15, 0.2) is 5.65 Å². The number of pyridine rings is 1. The van der Waals surface area contributed by atoms with Crippen molar-refractivity contribution in [3.05, 3.63) is 60.3 Å². The van der Waals surface area contributed by atoms with E-state index in [9.17, 15) is 0 Å². The Morgan fingerprint density at radius 3 is 2.65 bits per heavy atom. The lowest BCUT2D eigenvalue weighted by molar-refractivity contribution is 0.0721. The van der Waals surface area contributed by atoms with Crippen LogP contribution in [0.25, 0.3) is 22.4 Å². The second-order valence-corrected chi connectivity index (χ2v) is 9.39. The van der Waals surface area contributed by atoms with Gasteiger partial charge in [0, 0.05) is 32.4 Å². The van der Waals surface area contributed by atoms with Gasteiger partial charge in [-0.1, -0.05) is 49.7 Å². The van der Waals surface area contributed by atoms with Crippen molar-refractivity contribution in [1.29, 1.82) is 0 Å². The van der Waals surface area contributed by atoms with Crippen LogP contribution in [-0.2, 0) is 18.0 Å². The van der Waals surface area contributed by atoms with E-state index in [0.29, 0.717) is 25.8 Å². The third-order valence-electron chi connectivity index (χ3n) is 6.52. The molecule has 3 aromatic heterocycles. The van der Waals surface area contributed by atoms with E-state index < -0.39 is 0 Å². The highest BCUT2D eigenvalue weighted by molar-refractivity contribution is 5.90. The molecule has 9 nitrogen and oxygen atoms in total. The SMILES string of the molecule is CCCOCn1nc(-c2cccc(NCc3ccccc3)n2)c2cnc(NCCN3CCCCC3)nc21.